The van der Waals surface area contributed by atoms with Crippen molar-refractivity contribution in [2.24, 2.45) is 0 Å². The minimum atomic E-state index is -0.776. The van der Waals surface area contributed by atoms with Gasteiger partial charge in [0.1, 0.15) is 5.82 Å². The van der Waals surface area contributed by atoms with Crippen LogP contribution in [0.4, 0.5) is 14.9 Å². The lowest BCUT2D eigenvalue weighted by molar-refractivity contribution is -0.117. The largest absolute Gasteiger partial charge is 0.325 e. The first-order chi connectivity index (χ1) is 11.6. The first kappa shape index (κ1) is 18.7. The number of urea groups is 1. The third kappa shape index (κ3) is 6.10. The number of thioether (sulfide) groups is 2. The maximum Gasteiger partial charge on any atom is 0.325 e. The topological polar surface area (TPSA) is 84.0 Å². The second kappa shape index (κ2) is 9.60. The third-order valence-electron chi connectivity index (χ3n) is 2.52. The molecule has 2 aromatic rings. The van der Waals surface area contributed by atoms with Crippen LogP contribution in [0.15, 0.2) is 32.9 Å². The number of nitrogens with one attached hydrogen (secondary N) is 2. The number of nitrogens with zero attached hydrogens (tertiary/aromatic N) is 2. The molecular formula is C14H15FN4O2S3. The number of hydrogen-bond acceptors (Lipinski definition) is 7. The Morgan fingerprint density at radius 1 is 1.21 bits per heavy atom. The molecule has 3 amide bonds. The summed E-state index contributed by atoms with van der Waals surface area (Å²) in [5, 5.41) is 12.4. The van der Waals surface area contributed by atoms with Gasteiger partial charge in [-0.15, -0.1) is 10.2 Å². The van der Waals surface area contributed by atoms with Crippen LogP contribution in [0.2, 0.25) is 0 Å². The van der Waals surface area contributed by atoms with Gasteiger partial charge in [0.15, 0.2) is 8.68 Å². The number of aromatic nitrogens is 2. The number of carbonyl (C=O) groups excluding carboxylic acids is 2. The molecule has 1 aromatic carbocycles. The highest BCUT2D eigenvalue weighted by atomic mass is 32.2. The van der Waals surface area contributed by atoms with Gasteiger partial charge < -0.3 is 5.32 Å². The molecule has 0 spiro atoms. The molecule has 0 aliphatic rings. The van der Waals surface area contributed by atoms with Crippen LogP contribution < -0.4 is 10.6 Å². The fraction of sp³-hybridized carbons (Fsp3) is 0.286. The molecule has 0 saturated heterocycles. The molecule has 2 N–H and O–H groups in total. The van der Waals surface area contributed by atoms with Crippen molar-refractivity contribution in [3.63, 3.8) is 0 Å². The summed E-state index contributed by atoms with van der Waals surface area (Å²) in [6.45, 7) is 2.08. The highest BCUT2D eigenvalue weighted by molar-refractivity contribution is 8.03. The van der Waals surface area contributed by atoms with Crippen LogP contribution in [0.5, 0.6) is 0 Å². The van der Waals surface area contributed by atoms with E-state index in [9.17, 15) is 14.0 Å². The quantitative estimate of drug-likeness (QED) is 0.707. The SMILES string of the molecule is CCCSc1nnc(SCC(=O)NC(=O)Nc2ccccc2F)s1. The predicted octanol–water partition coefficient (Wildman–Crippen LogP) is 3.62. The highest BCUT2D eigenvalue weighted by Crippen LogP contribution is 2.28. The normalized spacial score (nSPS) is 10.4. The van der Waals surface area contributed by atoms with Crippen LogP contribution in [0.1, 0.15) is 13.3 Å². The Labute approximate surface area is 151 Å². The van der Waals surface area contributed by atoms with E-state index in [1.165, 1.54) is 41.3 Å². The zero-order chi connectivity index (χ0) is 17.4. The van der Waals surface area contributed by atoms with Gasteiger partial charge in [-0.1, -0.05) is 53.9 Å². The molecule has 0 bridgehead atoms. The van der Waals surface area contributed by atoms with Crippen molar-refractivity contribution >= 4 is 52.5 Å². The average molecular weight is 386 g/mol. The van der Waals surface area contributed by atoms with Crippen LogP contribution in [-0.4, -0.2) is 33.6 Å². The van der Waals surface area contributed by atoms with Crippen molar-refractivity contribution in [3.05, 3.63) is 30.1 Å². The lowest BCUT2D eigenvalue weighted by atomic mass is 10.3. The number of halogens is 1. The van der Waals surface area contributed by atoms with Gasteiger partial charge in [-0.05, 0) is 18.6 Å². The molecule has 1 heterocycles. The van der Waals surface area contributed by atoms with Gasteiger partial charge in [0.25, 0.3) is 0 Å². The Hall–Kier alpha value is -1.65. The molecule has 0 aliphatic heterocycles. The van der Waals surface area contributed by atoms with Crippen molar-refractivity contribution < 1.29 is 14.0 Å². The number of imide groups is 1. The maximum absolute atomic E-state index is 13.4. The first-order valence-corrected chi connectivity index (χ1v) is 9.81. The van der Waals surface area contributed by atoms with E-state index < -0.39 is 17.8 Å². The van der Waals surface area contributed by atoms with Crippen LogP contribution >= 0.6 is 34.9 Å². The Balaban J connectivity index is 1.75. The minimum absolute atomic E-state index is 0.0113. The summed E-state index contributed by atoms with van der Waals surface area (Å²) in [6.07, 6.45) is 1.05. The summed E-state index contributed by atoms with van der Waals surface area (Å²) in [5.74, 6) is -0.0689. The van der Waals surface area contributed by atoms with Gasteiger partial charge in [0.2, 0.25) is 5.91 Å². The summed E-state index contributed by atoms with van der Waals surface area (Å²) in [7, 11) is 0. The van der Waals surface area contributed by atoms with Gasteiger partial charge >= 0.3 is 6.03 Å². The van der Waals surface area contributed by atoms with E-state index in [0.717, 1.165) is 16.5 Å². The molecule has 0 unspecified atom stereocenters. The molecule has 2 rings (SSSR count). The molecular weight excluding hydrogens is 371 g/mol. The smallest absolute Gasteiger partial charge is 0.305 e. The molecule has 0 aliphatic carbocycles. The zero-order valence-corrected chi connectivity index (χ0v) is 15.2. The van der Waals surface area contributed by atoms with Crippen molar-refractivity contribution in [2.45, 2.75) is 22.0 Å². The summed E-state index contributed by atoms with van der Waals surface area (Å²) in [4.78, 5) is 23.4. The standard InChI is InChI=1S/C14H15FN4O2S3/c1-2-7-22-13-18-19-14(24-13)23-8-11(20)17-12(21)16-10-6-4-3-5-9(10)15/h3-6H,2,7-8H2,1H3,(H2,16,17,20,21). The van der Waals surface area contributed by atoms with Crippen molar-refractivity contribution in [3.8, 4) is 0 Å². The molecule has 0 radical (unpaired) electrons. The molecule has 10 heteroatoms. The molecule has 24 heavy (non-hydrogen) atoms. The molecule has 6 nitrogen and oxygen atoms in total. The maximum atomic E-state index is 13.4. The molecule has 0 atom stereocenters. The zero-order valence-electron chi connectivity index (χ0n) is 12.7. The van der Waals surface area contributed by atoms with E-state index in [0.29, 0.717) is 4.34 Å². The number of carbonyl (C=O) groups is 2. The average Bonchev–Trinajstić information content (AvgIpc) is 3.01. The first-order valence-electron chi connectivity index (χ1n) is 7.03. The van der Waals surface area contributed by atoms with Crippen molar-refractivity contribution in [1.82, 2.24) is 15.5 Å². The van der Waals surface area contributed by atoms with E-state index in [-0.39, 0.29) is 11.4 Å². The van der Waals surface area contributed by atoms with Crippen LogP contribution in [0.25, 0.3) is 0 Å². The Morgan fingerprint density at radius 3 is 2.62 bits per heavy atom. The van der Waals surface area contributed by atoms with Crippen LogP contribution in [0, 0.1) is 5.82 Å². The minimum Gasteiger partial charge on any atom is -0.305 e. The van der Waals surface area contributed by atoms with Gasteiger partial charge in [-0.25, -0.2) is 9.18 Å². The van der Waals surface area contributed by atoms with Gasteiger partial charge in [-0.2, -0.15) is 0 Å². The second-order valence-electron chi connectivity index (χ2n) is 4.45. The number of rotatable bonds is 7. The van der Waals surface area contributed by atoms with Crippen LogP contribution in [-0.2, 0) is 4.79 Å². The monoisotopic (exact) mass is 386 g/mol. The summed E-state index contributed by atoms with van der Waals surface area (Å²) in [5.41, 5.74) is 0.0113. The van der Waals surface area contributed by atoms with Gasteiger partial charge in [0.05, 0.1) is 11.4 Å². The molecule has 128 valence electrons. The lowest BCUT2D eigenvalue weighted by Gasteiger charge is -2.06. The number of benzene rings is 1. The predicted molar refractivity (Wildman–Crippen MR) is 95.2 cm³/mol. The number of hydrogen-bond donors (Lipinski definition) is 2. The van der Waals surface area contributed by atoms with E-state index in [2.05, 4.69) is 27.8 Å². The summed E-state index contributed by atoms with van der Waals surface area (Å²) >= 11 is 4.23. The summed E-state index contributed by atoms with van der Waals surface area (Å²) in [6, 6.07) is 4.94. The number of amides is 3. The fourth-order valence-corrected chi connectivity index (χ4v) is 4.25. The van der Waals surface area contributed by atoms with Gasteiger partial charge in [-0.3, -0.25) is 10.1 Å². The highest BCUT2D eigenvalue weighted by Gasteiger charge is 2.12. The van der Waals surface area contributed by atoms with Crippen molar-refractivity contribution in [2.75, 3.05) is 16.8 Å². The Bertz CT molecular complexity index is 711. The van der Waals surface area contributed by atoms with E-state index >= 15 is 0 Å². The van der Waals surface area contributed by atoms with Crippen LogP contribution in [0.3, 0.4) is 0 Å². The van der Waals surface area contributed by atoms with E-state index in [1.54, 1.807) is 17.8 Å². The third-order valence-corrected chi connectivity index (χ3v) is 5.92. The summed E-state index contributed by atoms with van der Waals surface area (Å²) < 4.78 is 14.9. The lowest BCUT2D eigenvalue weighted by Crippen LogP contribution is -2.35. The van der Waals surface area contributed by atoms with Crippen molar-refractivity contribution in [1.29, 1.82) is 0 Å². The molecule has 1 aromatic heterocycles. The van der Waals surface area contributed by atoms with E-state index in [1.807, 2.05) is 0 Å². The Kier molecular flexibility index (Phi) is 7.47. The van der Waals surface area contributed by atoms with E-state index in [4.69, 9.17) is 0 Å². The molecule has 0 fully saturated rings. The number of anilines is 1. The number of para-hydroxylation sites is 1. The second-order valence-corrected chi connectivity index (χ2v) is 8.00. The molecule has 0 saturated carbocycles. The van der Waals surface area contributed by atoms with Gasteiger partial charge in [0, 0.05) is 5.75 Å². The Morgan fingerprint density at radius 2 is 1.92 bits per heavy atom. The fourth-order valence-electron chi connectivity index (χ4n) is 1.51.